The van der Waals surface area contributed by atoms with Crippen molar-refractivity contribution in [2.24, 2.45) is 0 Å². The van der Waals surface area contributed by atoms with Crippen LogP contribution in [0, 0.1) is 6.08 Å². The molecule has 0 aliphatic heterocycles. The largest absolute Gasteiger partial charge is 4.00 e. The van der Waals surface area contributed by atoms with Crippen molar-refractivity contribution in [3.8, 4) is 0 Å². The SMILES string of the molecule is CCCCCC1=C(C)C(C)=[C-]C1[SiH2]c1ccccc1.[Cl-].[Cl-].[Cl-].[Ti+4]. The minimum absolute atomic E-state index is 0. The molecule has 0 saturated carbocycles. The summed E-state index contributed by atoms with van der Waals surface area (Å²) in [5.41, 5.74) is 5.28. The molecule has 23 heavy (non-hydrogen) atoms. The van der Waals surface area contributed by atoms with Crippen molar-refractivity contribution in [1.29, 1.82) is 0 Å². The molecule has 0 fully saturated rings. The van der Waals surface area contributed by atoms with E-state index in [1.165, 1.54) is 36.8 Å². The minimum Gasteiger partial charge on any atom is -1.00 e. The maximum Gasteiger partial charge on any atom is 4.00 e. The molecule has 1 atom stereocenters. The van der Waals surface area contributed by atoms with Crippen molar-refractivity contribution in [2.45, 2.75) is 52.0 Å². The van der Waals surface area contributed by atoms with Gasteiger partial charge < -0.3 is 37.2 Å². The van der Waals surface area contributed by atoms with Crippen LogP contribution in [0.5, 0.6) is 0 Å². The molecule has 1 aliphatic carbocycles. The third-order valence-corrected chi connectivity index (χ3v) is 6.24. The van der Waals surface area contributed by atoms with E-state index in [9.17, 15) is 0 Å². The molecule has 0 amide bonds. The molecule has 0 N–H and O–H groups in total. The fraction of sp³-hybridized carbons (Fsp3) is 0.444. The molecule has 0 saturated heterocycles. The summed E-state index contributed by atoms with van der Waals surface area (Å²) in [7, 11) is -0.270. The predicted molar refractivity (Wildman–Crippen MR) is 87.6 cm³/mol. The van der Waals surface area contributed by atoms with Gasteiger partial charge in [0.1, 0.15) is 0 Å². The molecular weight excluding hydrogens is 399 g/mol. The van der Waals surface area contributed by atoms with Crippen LogP contribution in [0.4, 0.5) is 0 Å². The summed E-state index contributed by atoms with van der Waals surface area (Å²) < 4.78 is 0. The molecule has 1 aliphatic rings. The molecule has 0 spiro atoms. The van der Waals surface area contributed by atoms with Crippen LogP contribution in [0.3, 0.4) is 0 Å². The molecular formula is C18H25Cl3SiTi. The average molecular weight is 424 g/mol. The fourth-order valence-electron chi connectivity index (χ4n) is 2.91. The van der Waals surface area contributed by atoms with Crippen molar-refractivity contribution in [3.05, 3.63) is 53.1 Å². The van der Waals surface area contributed by atoms with E-state index >= 15 is 0 Å². The van der Waals surface area contributed by atoms with Gasteiger partial charge in [-0.05, 0) is 6.42 Å². The zero-order chi connectivity index (χ0) is 13.7. The number of unbranched alkanes of at least 4 members (excludes halogenated alkanes) is 2. The first-order chi connectivity index (χ1) is 9.22. The summed E-state index contributed by atoms with van der Waals surface area (Å²) >= 11 is 0. The Morgan fingerprint density at radius 2 is 1.61 bits per heavy atom. The first-order valence-electron chi connectivity index (χ1n) is 7.56. The van der Waals surface area contributed by atoms with E-state index in [0.717, 1.165) is 0 Å². The van der Waals surface area contributed by atoms with Gasteiger partial charge in [-0.3, -0.25) is 6.08 Å². The standard InChI is InChI=1S/C18H25Si.3ClH.Ti/c1-4-5-7-12-17-15(3)14(2)13-18(17)19-16-10-8-6-9-11-16;;;;/h6,8-11,18H,4-5,7,12,19H2,1-3H3;3*1H;/q-1;;;;+4/p-3. The summed E-state index contributed by atoms with van der Waals surface area (Å²) in [6.07, 6.45) is 9.03. The Morgan fingerprint density at radius 1 is 1.00 bits per heavy atom. The van der Waals surface area contributed by atoms with E-state index in [2.05, 4.69) is 57.2 Å². The van der Waals surface area contributed by atoms with Crippen LogP contribution in [0.2, 0.25) is 5.54 Å². The zero-order valence-corrected chi connectivity index (χ0v) is 19.4. The van der Waals surface area contributed by atoms with Crippen LogP contribution >= 0.6 is 0 Å². The van der Waals surface area contributed by atoms with E-state index < -0.39 is 0 Å². The second kappa shape index (κ2) is 14.8. The minimum atomic E-state index is -0.270. The van der Waals surface area contributed by atoms with Crippen LogP contribution in [-0.2, 0) is 21.7 Å². The monoisotopic (exact) mass is 422 g/mol. The summed E-state index contributed by atoms with van der Waals surface area (Å²) in [5.74, 6) is 0. The van der Waals surface area contributed by atoms with Gasteiger partial charge in [0, 0.05) is 9.52 Å². The van der Waals surface area contributed by atoms with Crippen LogP contribution in [-0.4, -0.2) is 9.52 Å². The van der Waals surface area contributed by atoms with Gasteiger partial charge in [0.15, 0.2) is 0 Å². The Kier molecular flexibility index (Phi) is 18.2. The number of allylic oxidation sites excluding steroid dienone is 4. The second-order valence-electron chi connectivity index (χ2n) is 5.62. The number of hydrogen-bond donors (Lipinski definition) is 0. The van der Waals surface area contributed by atoms with Crippen molar-refractivity contribution in [2.75, 3.05) is 0 Å². The molecule has 5 heteroatoms. The van der Waals surface area contributed by atoms with Gasteiger partial charge in [-0.2, -0.15) is 11.1 Å². The summed E-state index contributed by atoms with van der Waals surface area (Å²) in [6.45, 7) is 6.80. The smallest absolute Gasteiger partial charge is 1.00 e. The van der Waals surface area contributed by atoms with E-state index in [0.29, 0.717) is 5.54 Å². The van der Waals surface area contributed by atoms with Crippen molar-refractivity contribution < 1.29 is 58.9 Å². The molecule has 0 bridgehead atoms. The number of benzene rings is 1. The summed E-state index contributed by atoms with van der Waals surface area (Å²) in [6, 6.07) is 11.0. The number of hydrogen-bond acceptors (Lipinski definition) is 0. The molecule has 126 valence electrons. The molecule has 1 aromatic carbocycles. The third kappa shape index (κ3) is 8.43. The quantitative estimate of drug-likeness (QED) is 0.244. The summed E-state index contributed by atoms with van der Waals surface area (Å²) in [4.78, 5) is 0. The maximum absolute atomic E-state index is 3.73. The molecule has 0 nitrogen and oxygen atoms in total. The topological polar surface area (TPSA) is 0 Å². The fourth-order valence-corrected chi connectivity index (χ4v) is 5.09. The third-order valence-electron chi connectivity index (χ3n) is 4.19. The van der Waals surface area contributed by atoms with E-state index in [1.807, 2.05) is 0 Å². The molecule has 1 unspecified atom stereocenters. The number of halogens is 3. The normalized spacial score (nSPS) is 16.1. The molecule has 1 aromatic rings. The van der Waals surface area contributed by atoms with Gasteiger partial charge in [-0.1, -0.05) is 74.2 Å². The van der Waals surface area contributed by atoms with Gasteiger partial charge in [0.05, 0.1) is 0 Å². The van der Waals surface area contributed by atoms with Crippen molar-refractivity contribution in [1.82, 2.24) is 0 Å². The Bertz CT molecular complexity index is 486. The Balaban J connectivity index is -0.000001000. The Morgan fingerprint density at radius 3 is 2.17 bits per heavy atom. The maximum atomic E-state index is 3.73. The van der Waals surface area contributed by atoms with E-state index in [-0.39, 0.29) is 68.5 Å². The second-order valence-corrected chi connectivity index (χ2v) is 7.66. The predicted octanol–water partition coefficient (Wildman–Crippen LogP) is -5.06. The van der Waals surface area contributed by atoms with Crippen LogP contribution in [0.15, 0.2) is 47.1 Å². The van der Waals surface area contributed by atoms with Gasteiger partial charge in [-0.25, -0.2) is 5.57 Å². The first-order valence-corrected chi connectivity index (χ1v) is 9.08. The Labute approximate surface area is 177 Å². The first kappa shape index (κ1) is 28.3. The Hall–Kier alpha value is 0.501. The van der Waals surface area contributed by atoms with Gasteiger partial charge >= 0.3 is 21.7 Å². The molecule has 0 heterocycles. The van der Waals surface area contributed by atoms with Gasteiger partial charge in [0.25, 0.3) is 0 Å². The number of rotatable bonds is 6. The van der Waals surface area contributed by atoms with Gasteiger partial charge in [0.2, 0.25) is 0 Å². The van der Waals surface area contributed by atoms with Crippen molar-refractivity contribution in [3.63, 3.8) is 0 Å². The van der Waals surface area contributed by atoms with Crippen LogP contribution in [0.25, 0.3) is 0 Å². The van der Waals surface area contributed by atoms with Crippen molar-refractivity contribution >= 4 is 14.7 Å². The molecule has 0 radical (unpaired) electrons. The van der Waals surface area contributed by atoms with Crippen LogP contribution in [0.1, 0.15) is 46.5 Å². The van der Waals surface area contributed by atoms with E-state index in [1.54, 1.807) is 10.8 Å². The average Bonchev–Trinajstić information content (AvgIpc) is 2.68. The summed E-state index contributed by atoms with van der Waals surface area (Å²) in [5, 5.41) is 1.57. The molecule has 2 rings (SSSR count). The zero-order valence-electron chi connectivity index (χ0n) is 14.1. The van der Waals surface area contributed by atoms with Gasteiger partial charge in [-0.15, -0.1) is 6.92 Å². The van der Waals surface area contributed by atoms with Crippen LogP contribution < -0.4 is 42.4 Å². The molecule has 0 aromatic heterocycles. The van der Waals surface area contributed by atoms with E-state index in [4.69, 9.17) is 0 Å².